The molecule has 0 radical (unpaired) electrons. The van der Waals surface area contributed by atoms with Crippen molar-refractivity contribution in [3.63, 3.8) is 0 Å². The number of rotatable bonds is 3. The van der Waals surface area contributed by atoms with Crippen LogP contribution in [0.4, 0.5) is 0 Å². The van der Waals surface area contributed by atoms with Gasteiger partial charge in [0.05, 0.1) is 18.3 Å². The van der Waals surface area contributed by atoms with Crippen molar-refractivity contribution in [2.75, 3.05) is 26.3 Å². The monoisotopic (exact) mass is 447 g/mol. The van der Waals surface area contributed by atoms with E-state index in [0.29, 0.717) is 23.7 Å². The van der Waals surface area contributed by atoms with E-state index in [2.05, 4.69) is 32.6 Å². The maximum Gasteiger partial charge on any atom is 0.161 e. The van der Waals surface area contributed by atoms with Gasteiger partial charge >= 0.3 is 0 Å². The Bertz CT molecular complexity index is 739. The highest BCUT2D eigenvalue weighted by Gasteiger charge is 2.62. The molecule has 5 nitrogen and oxygen atoms in total. The number of ketones is 1. The summed E-state index contributed by atoms with van der Waals surface area (Å²) in [7, 11) is 0. The molecule has 3 unspecified atom stereocenters. The zero-order valence-corrected chi connectivity index (χ0v) is 20.7. The molecule has 0 aromatic rings. The molecule has 0 amide bonds. The molecule has 1 heterocycles. The van der Waals surface area contributed by atoms with Crippen LogP contribution < -0.4 is 0 Å². The maximum absolute atomic E-state index is 12.5. The lowest BCUT2D eigenvalue weighted by atomic mass is 9.44. The molecule has 5 fully saturated rings. The summed E-state index contributed by atoms with van der Waals surface area (Å²) in [4.78, 5) is 15.1. The number of fused-ring (bicyclic) bond motifs is 5. The van der Waals surface area contributed by atoms with Crippen molar-refractivity contribution in [1.82, 2.24) is 4.90 Å². The van der Waals surface area contributed by atoms with Gasteiger partial charge in [0, 0.05) is 25.0 Å². The molecule has 5 heteroatoms. The van der Waals surface area contributed by atoms with E-state index < -0.39 is 0 Å². The topological polar surface area (TPSA) is 70.0 Å². The molecular formula is C27H45NO4. The third kappa shape index (κ3) is 3.52. The first kappa shape index (κ1) is 23.3. The maximum atomic E-state index is 12.5. The molecule has 0 spiro atoms. The predicted octanol–water partition coefficient (Wildman–Crippen LogP) is 3.66. The third-order valence-corrected chi connectivity index (χ3v) is 11.2. The molecule has 1 aliphatic heterocycles. The van der Waals surface area contributed by atoms with Gasteiger partial charge in [-0.2, -0.15) is 0 Å². The van der Waals surface area contributed by atoms with Gasteiger partial charge in [-0.05, 0) is 99.7 Å². The minimum atomic E-state index is -0.295. The summed E-state index contributed by atoms with van der Waals surface area (Å²) in [6, 6.07) is 0.235. The van der Waals surface area contributed by atoms with E-state index in [4.69, 9.17) is 4.74 Å². The summed E-state index contributed by atoms with van der Waals surface area (Å²) in [5.74, 6) is 2.76. The fourth-order valence-electron chi connectivity index (χ4n) is 9.62. The van der Waals surface area contributed by atoms with E-state index >= 15 is 0 Å². The normalized spacial score (nSPS) is 50.9. The van der Waals surface area contributed by atoms with Gasteiger partial charge in [0.25, 0.3) is 0 Å². The number of ether oxygens (including phenoxy) is 1. The molecule has 5 rings (SSSR count). The van der Waals surface area contributed by atoms with E-state index in [9.17, 15) is 15.0 Å². The standard InChI is InChI=1S/C27H45NO4/c1-25(2)16-28(11-12-32-25)22-14-27(4)17(13-23(22)30)5-6-18-19-7-8-21(24(31)15-29)26(19,3)10-9-20(18)27/h17-23,29-30H,5-16H2,1-4H3/t17?,18-,19-,20-,21+,22?,23?,26-,27-/m0/s1. The zero-order valence-electron chi connectivity index (χ0n) is 20.7. The Balaban J connectivity index is 1.38. The van der Waals surface area contributed by atoms with Gasteiger partial charge in [-0.1, -0.05) is 13.8 Å². The first-order valence-electron chi connectivity index (χ1n) is 13.3. The predicted molar refractivity (Wildman–Crippen MR) is 124 cm³/mol. The summed E-state index contributed by atoms with van der Waals surface area (Å²) in [6.07, 6.45) is 8.73. The van der Waals surface area contributed by atoms with Crippen LogP contribution in [0.5, 0.6) is 0 Å². The van der Waals surface area contributed by atoms with Crippen LogP contribution in [-0.4, -0.2) is 64.9 Å². The second-order valence-corrected chi connectivity index (χ2v) is 13.1. The first-order valence-corrected chi connectivity index (χ1v) is 13.3. The molecule has 1 saturated heterocycles. The van der Waals surface area contributed by atoms with Crippen molar-refractivity contribution in [1.29, 1.82) is 0 Å². The largest absolute Gasteiger partial charge is 0.391 e. The van der Waals surface area contributed by atoms with Gasteiger partial charge in [0.15, 0.2) is 5.78 Å². The Morgan fingerprint density at radius 3 is 2.50 bits per heavy atom. The van der Waals surface area contributed by atoms with Gasteiger partial charge in [0.2, 0.25) is 0 Å². The van der Waals surface area contributed by atoms with Gasteiger partial charge < -0.3 is 14.9 Å². The molecule has 32 heavy (non-hydrogen) atoms. The Kier molecular flexibility index (Phi) is 5.84. The molecular weight excluding hydrogens is 402 g/mol. The van der Waals surface area contributed by atoms with E-state index in [-0.39, 0.29) is 46.9 Å². The minimum absolute atomic E-state index is 0.0560. The average Bonchev–Trinajstić information content (AvgIpc) is 3.10. The highest BCUT2D eigenvalue weighted by atomic mass is 16.5. The number of carbonyl (C=O) groups excluding carboxylic acids is 1. The van der Waals surface area contributed by atoms with Crippen molar-refractivity contribution >= 4 is 5.78 Å². The van der Waals surface area contributed by atoms with Crippen LogP contribution in [0.25, 0.3) is 0 Å². The highest BCUT2D eigenvalue weighted by molar-refractivity contribution is 5.83. The van der Waals surface area contributed by atoms with Crippen LogP contribution in [0.15, 0.2) is 0 Å². The van der Waals surface area contributed by atoms with Crippen molar-refractivity contribution in [3.8, 4) is 0 Å². The van der Waals surface area contributed by atoms with Crippen LogP contribution in [-0.2, 0) is 9.53 Å². The Labute approximate surface area is 194 Å². The third-order valence-electron chi connectivity index (χ3n) is 11.2. The number of Topliss-reactive ketones (excluding diaryl/α,β-unsaturated/α-hetero) is 1. The fraction of sp³-hybridized carbons (Fsp3) is 0.963. The highest BCUT2D eigenvalue weighted by Crippen LogP contribution is 2.67. The second kappa shape index (κ2) is 8.03. The summed E-state index contributed by atoms with van der Waals surface area (Å²) < 4.78 is 5.97. The molecule has 4 aliphatic carbocycles. The van der Waals surface area contributed by atoms with Gasteiger partial charge in [-0.3, -0.25) is 9.69 Å². The van der Waals surface area contributed by atoms with Crippen LogP contribution in [0.3, 0.4) is 0 Å². The number of hydrogen-bond donors (Lipinski definition) is 2. The summed E-state index contributed by atoms with van der Waals surface area (Å²) in [5.41, 5.74) is 0.206. The van der Waals surface area contributed by atoms with Crippen LogP contribution in [0.2, 0.25) is 0 Å². The quantitative estimate of drug-likeness (QED) is 0.691. The smallest absolute Gasteiger partial charge is 0.161 e. The molecule has 9 atom stereocenters. The molecule has 0 bridgehead atoms. The van der Waals surface area contributed by atoms with Crippen molar-refractivity contribution in [2.45, 2.75) is 96.8 Å². The second-order valence-electron chi connectivity index (χ2n) is 13.1. The molecule has 4 saturated carbocycles. The van der Waals surface area contributed by atoms with Gasteiger partial charge in [0.1, 0.15) is 6.61 Å². The van der Waals surface area contributed by atoms with Crippen LogP contribution >= 0.6 is 0 Å². The number of aliphatic hydroxyl groups excluding tert-OH is 2. The van der Waals surface area contributed by atoms with Gasteiger partial charge in [-0.25, -0.2) is 0 Å². The fourth-order valence-corrected chi connectivity index (χ4v) is 9.62. The summed E-state index contributed by atoms with van der Waals surface area (Å²) >= 11 is 0. The van der Waals surface area contributed by atoms with Crippen molar-refractivity contribution < 1.29 is 19.7 Å². The number of morpholine rings is 1. The van der Waals surface area contributed by atoms with E-state index in [1.165, 1.54) is 19.3 Å². The van der Waals surface area contributed by atoms with Crippen LogP contribution in [0.1, 0.15) is 79.1 Å². The van der Waals surface area contributed by atoms with Crippen LogP contribution in [0, 0.1) is 40.4 Å². The Morgan fingerprint density at radius 2 is 1.78 bits per heavy atom. The van der Waals surface area contributed by atoms with Crippen molar-refractivity contribution in [2.24, 2.45) is 40.4 Å². The van der Waals surface area contributed by atoms with Gasteiger partial charge in [-0.15, -0.1) is 0 Å². The lowest BCUT2D eigenvalue weighted by Crippen LogP contribution is -2.62. The Hall–Kier alpha value is -0.490. The zero-order chi connectivity index (χ0) is 22.9. The lowest BCUT2D eigenvalue weighted by molar-refractivity contribution is -0.169. The molecule has 0 aromatic carbocycles. The molecule has 182 valence electrons. The van der Waals surface area contributed by atoms with Crippen molar-refractivity contribution in [3.05, 3.63) is 0 Å². The summed E-state index contributed by atoms with van der Waals surface area (Å²) in [5, 5.41) is 20.8. The number of aliphatic hydroxyl groups is 2. The van der Waals surface area contributed by atoms with E-state index in [0.717, 1.165) is 51.8 Å². The van der Waals surface area contributed by atoms with E-state index in [1.807, 2.05) is 0 Å². The SMILES string of the molecule is CC1(C)CN(C2C[C@@]3(C)C(CC[C@H]4[C@@H]5CC[C@H](C(=O)CO)[C@@]5(C)CC[C@@H]43)CC2O)CCO1. The minimum Gasteiger partial charge on any atom is -0.391 e. The molecule has 0 aromatic heterocycles. The number of hydrogen-bond acceptors (Lipinski definition) is 5. The molecule has 5 aliphatic rings. The van der Waals surface area contributed by atoms with E-state index in [1.54, 1.807) is 0 Å². The summed E-state index contributed by atoms with van der Waals surface area (Å²) in [6.45, 7) is 11.5. The lowest BCUT2D eigenvalue weighted by Gasteiger charge is -2.63. The number of nitrogens with zero attached hydrogens (tertiary/aromatic N) is 1. The average molecular weight is 448 g/mol. The first-order chi connectivity index (χ1) is 15.1. The number of carbonyl (C=O) groups is 1. The molecule has 2 N–H and O–H groups in total. The Morgan fingerprint density at radius 1 is 1.03 bits per heavy atom.